The van der Waals surface area contributed by atoms with Crippen LogP contribution in [0.2, 0.25) is 0 Å². The minimum Gasteiger partial charge on any atom is -0.456 e. The highest BCUT2D eigenvalue weighted by atomic mass is 16.3. The van der Waals surface area contributed by atoms with Gasteiger partial charge in [0.15, 0.2) is 0 Å². The molecule has 1 aliphatic carbocycles. The summed E-state index contributed by atoms with van der Waals surface area (Å²) in [5.74, 6) is 0.645. The van der Waals surface area contributed by atoms with E-state index in [9.17, 15) is 0 Å². The van der Waals surface area contributed by atoms with Crippen LogP contribution < -0.4 is 9.80 Å². The van der Waals surface area contributed by atoms with Gasteiger partial charge in [-0.2, -0.15) is 0 Å². The van der Waals surface area contributed by atoms with Crippen molar-refractivity contribution >= 4 is 50.4 Å². The van der Waals surface area contributed by atoms with E-state index in [1.54, 1.807) is 0 Å². The minimum atomic E-state index is -0.0145. The molecule has 6 aromatic carbocycles. The van der Waals surface area contributed by atoms with Crippen LogP contribution in [0.4, 0.5) is 28.4 Å². The molecule has 3 unspecified atom stereocenters. The highest BCUT2D eigenvalue weighted by Crippen LogP contribution is 2.45. The summed E-state index contributed by atoms with van der Waals surface area (Å²) in [6.07, 6.45) is 15.6. The summed E-state index contributed by atoms with van der Waals surface area (Å²) in [6.45, 7) is 4.68. The standard InChI is InChI=1S/C49H42N2O/c1-35-34-37(30-33-50(39-14-5-3-6-15-39)44-18-9-7-16-42(35)44)36-22-26-40(27-23-36)51(41-28-24-38(25-29-41)49(2)31-11-4-12-32-49)45-19-13-21-47-48(45)43-17-8-10-20-46(43)52-47/h3-31,33,35,37H,32,34H2,1-2H3/b33-30-. The number of fused-ring (bicyclic) bond motifs is 4. The van der Waals surface area contributed by atoms with Crippen LogP contribution in [0.3, 0.4) is 0 Å². The van der Waals surface area contributed by atoms with Crippen molar-refractivity contribution in [1.82, 2.24) is 0 Å². The van der Waals surface area contributed by atoms with Gasteiger partial charge in [-0.15, -0.1) is 0 Å². The molecular formula is C49H42N2O. The van der Waals surface area contributed by atoms with Gasteiger partial charge in [0.25, 0.3) is 0 Å². The van der Waals surface area contributed by atoms with Crippen LogP contribution >= 0.6 is 0 Å². The molecule has 9 rings (SSSR count). The Morgan fingerprint density at radius 2 is 1.40 bits per heavy atom. The van der Waals surface area contributed by atoms with Crippen LogP contribution in [0.25, 0.3) is 21.9 Å². The predicted octanol–water partition coefficient (Wildman–Crippen LogP) is 13.8. The molecule has 0 saturated carbocycles. The molecule has 0 N–H and O–H groups in total. The number of benzene rings is 6. The Morgan fingerprint density at radius 3 is 2.19 bits per heavy atom. The van der Waals surface area contributed by atoms with Gasteiger partial charge in [-0.05, 0) is 96.1 Å². The fourth-order valence-corrected chi connectivity index (χ4v) is 8.21. The molecule has 1 aromatic heterocycles. The predicted molar refractivity (Wildman–Crippen MR) is 219 cm³/mol. The van der Waals surface area contributed by atoms with E-state index in [-0.39, 0.29) is 11.3 Å². The third-order valence-corrected chi connectivity index (χ3v) is 11.1. The molecule has 3 heteroatoms. The normalized spacial score (nSPS) is 20.4. The summed E-state index contributed by atoms with van der Waals surface area (Å²) < 4.78 is 6.37. The van der Waals surface area contributed by atoms with Crippen LogP contribution in [-0.4, -0.2) is 0 Å². The van der Waals surface area contributed by atoms with Crippen molar-refractivity contribution in [3.8, 4) is 0 Å². The molecule has 0 bridgehead atoms. The summed E-state index contributed by atoms with van der Waals surface area (Å²) in [7, 11) is 0. The average molecular weight is 675 g/mol. The number of rotatable bonds is 6. The quantitative estimate of drug-likeness (QED) is 0.175. The largest absolute Gasteiger partial charge is 0.456 e. The molecule has 0 spiro atoms. The van der Waals surface area contributed by atoms with Crippen molar-refractivity contribution in [2.75, 3.05) is 9.80 Å². The van der Waals surface area contributed by atoms with Crippen molar-refractivity contribution in [3.05, 3.63) is 199 Å². The Morgan fingerprint density at radius 1 is 0.692 bits per heavy atom. The molecule has 3 atom stereocenters. The summed E-state index contributed by atoms with van der Waals surface area (Å²) in [5, 5.41) is 2.24. The first kappa shape index (κ1) is 31.9. The lowest BCUT2D eigenvalue weighted by Crippen LogP contribution is -2.19. The van der Waals surface area contributed by atoms with Crippen LogP contribution in [0.1, 0.15) is 55.2 Å². The topological polar surface area (TPSA) is 19.6 Å². The maximum atomic E-state index is 6.37. The van der Waals surface area contributed by atoms with Crippen molar-refractivity contribution in [3.63, 3.8) is 0 Å². The van der Waals surface area contributed by atoms with E-state index in [1.807, 2.05) is 6.07 Å². The number of allylic oxidation sites excluding steroid dienone is 5. The molecule has 52 heavy (non-hydrogen) atoms. The Kier molecular flexibility index (Phi) is 8.12. The van der Waals surface area contributed by atoms with Gasteiger partial charge in [0, 0.05) is 45.7 Å². The molecule has 254 valence electrons. The molecule has 2 heterocycles. The van der Waals surface area contributed by atoms with Crippen LogP contribution in [-0.2, 0) is 5.41 Å². The highest BCUT2D eigenvalue weighted by molar-refractivity contribution is 6.13. The maximum absolute atomic E-state index is 6.37. The van der Waals surface area contributed by atoms with Gasteiger partial charge in [-0.3, -0.25) is 0 Å². The molecule has 2 aliphatic rings. The fourth-order valence-electron chi connectivity index (χ4n) is 8.21. The fraction of sp³-hybridized carbons (Fsp3) is 0.143. The third kappa shape index (κ3) is 5.73. The first-order valence-corrected chi connectivity index (χ1v) is 18.4. The second kappa shape index (κ2) is 13.2. The monoisotopic (exact) mass is 674 g/mol. The van der Waals surface area contributed by atoms with E-state index in [2.05, 4.69) is 200 Å². The SMILES string of the molecule is CC1CC(c2ccc(N(c3ccc(C4(C)C=CC=CC4)cc3)c3cccc4oc5ccccc5c34)cc2)/C=C\N(c2ccccc2)c2ccccc21. The number of hydrogen-bond donors (Lipinski definition) is 0. The van der Waals surface area contributed by atoms with Crippen LogP contribution in [0.5, 0.6) is 0 Å². The minimum absolute atomic E-state index is 0.0145. The number of furan rings is 1. The van der Waals surface area contributed by atoms with Gasteiger partial charge in [0.05, 0.1) is 11.1 Å². The third-order valence-electron chi connectivity index (χ3n) is 11.1. The molecule has 0 saturated heterocycles. The Bertz CT molecular complexity index is 2450. The lowest BCUT2D eigenvalue weighted by atomic mass is 9.77. The molecule has 3 nitrogen and oxygen atoms in total. The Labute approximate surface area is 306 Å². The Hall–Kier alpha value is -6.06. The lowest BCUT2D eigenvalue weighted by Gasteiger charge is -2.31. The summed E-state index contributed by atoms with van der Waals surface area (Å²) >= 11 is 0. The van der Waals surface area contributed by atoms with E-state index in [0.29, 0.717) is 5.92 Å². The van der Waals surface area contributed by atoms with E-state index in [1.165, 1.54) is 28.1 Å². The van der Waals surface area contributed by atoms with Gasteiger partial charge in [0.2, 0.25) is 0 Å². The zero-order chi connectivity index (χ0) is 35.1. The molecule has 0 amide bonds. The van der Waals surface area contributed by atoms with Crippen LogP contribution in [0.15, 0.2) is 187 Å². The molecule has 0 radical (unpaired) electrons. The van der Waals surface area contributed by atoms with E-state index < -0.39 is 0 Å². The molecule has 0 fully saturated rings. The number of nitrogens with zero attached hydrogens (tertiary/aromatic N) is 2. The van der Waals surface area contributed by atoms with Crippen LogP contribution in [0, 0.1) is 0 Å². The van der Waals surface area contributed by atoms with Crippen molar-refractivity contribution < 1.29 is 4.42 Å². The van der Waals surface area contributed by atoms with Gasteiger partial charge in [-0.25, -0.2) is 0 Å². The van der Waals surface area contributed by atoms with E-state index in [0.717, 1.165) is 51.8 Å². The number of para-hydroxylation sites is 3. The van der Waals surface area contributed by atoms with Gasteiger partial charge < -0.3 is 14.2 Å². The lowest BCUT2D eigenvalue weighted by molar-refractivity contribution is 0.600. The average Bonchev–Trinajstić information content (AvgIpc) is 3.58. The van der Waals surface area contributed by atoms with Gasteiger partial charge in [-0.1, -0.05) is 129 Å². The van der Waals surface area contributed by atoms with Crippen molar-refractivity contribution in [2.45, 2.75) is 43.9 Å². The number of hydrogen-bond acceptors (Lipinski definition) is 3. The zero-order valence-electron chi connectivity index (χ0n) is 29.7. The molecule has 7 aromatic rings. The number of anilines is 5. The second-order valence-corrected chi connectivity index (χ2v) is 14.5. The first-order valence-electron chi connectivity index (χ1n) is 18.4. The van der Waals surface area contributed by atoms with Gasteiger partial charge in [0.1, 0.15) is 11.2 Å². The smallest absolute Gasteiger partial charge is 0.137 e. The summed E-state index contributed by atoms with van der Waals surface area (Å²) in [6, 6.07) is 52.6. The summed E-state index contributed by atoms with van der Waals surface area (Å²) in [5.41, 5.74) is 11.5. The second-order valence-electron chi connectivity index (χ2n) is 14.5. The summed E-state index contributed by atoms with van der Waals surface area (Å²) in [4.78, 5) is 4.73. The van der Waals surface area contributed by atoms with E-state index >= 15 is 0 Å². The first-order chi connectivity index (χ1) is 25.6. The maximum Gasteiger partial charge on any atom is 0.137 e. The van der Waals surface area contributed by atoms with Gasteiger partial charge >= 0.3 is 0 Å². The van der Waals surface area contributed by atoms with Crippen molar-refractivity contribution in [2.24, 2.45) is 0 Å². The molecular weight excluding hydrogens is 633 g/mol. The van der Waals surface area contributed by atoms with E-state index in [4.69, 9.17) is 4.42 Å². The zero-order valence-corrected chi connectivity index (χ0v) is 29.7. The Balaban J connectivity index is 1.12. The highest BCUT2D eigenvalue weighted by Gasteiger charge is 2.26. The van der Waals surface area contributed by atoms with Crippen molar-refractivity contribution in [1.29, 1.82) is 0 Å². The molecule has 1 aliphatic heterocycles.